The summed E-state index contributed by atoms with van der Waals surface area (Å²) in [6.07, 6.45) is 0.828. The van der Waals surface area contributed by atoms with Crippen LogP contribution in [-0.2, 0) is 6.42 Å². The molecule has 1 N–H and O–H groups in total. The quantitative estimate of drug-likeness (QED) is 0.872. The number of hydrogen-bond donors (Lipinski definition) is 1. The molecular formula is C12H11Cl2N3OS. The van der Waals surface area contributed by atoms with E-state index >= 15 is 0 Å². The number of aryl methyl sites for hydroxylation is 2. The van der Waals surface area contributed by atoms with Gasteiger partial charge in [0.2, 0.25) is 0 Å². The van der Waals surface area contributed by atoms with Gasteiger partial charge in [-0.25, -0.2) is 9.97 Å². The molecule has 100 valence electrons. The summed E-state index contributed by atoms with van der Waals surface area (Å²) in [6.45, 7) is 3.99. The summed E-state index contributed by atoms with van der Waals surface area (Å²) in [7, 11) is 0. The summed E-state index contributed by atoms with van der Waals surface area (Å²) < 4.78 is 0. The summed E-state index contributed by atoms with van der Waals surface area (Å²) in [4.78, 5) is 21.4. The Balaban J connectivity index is 2.22. The maximum atomic E-state index is 12.0. The van der Waals surface area contributed by atoms with Gasteiger partial charge in [-0.1, -0.05) is 30.1 Å². The molecular weight excluding hydrogens is 305 g/mol. The van der Waals surface area contributed by atoms with E-state index < -0.39 is 5.91 Å². The van der Waals surface area contributed by atoms with Crippen molar-refractivity contribution in [2.45, 2.75) is 20.3 Å². The smallest absolute Gasteiger partial charge is 0.277 e. The molecule has 0 unspecified atom stereocenters. The Labute approximate surface area is 124 Å². The number of carbonyl (C=O) groups is 1. The average Bonchev–Trinajstić information content (AvgIpc) is 2.72. The number of amides is 1. The van der Waals surface area contributed by atoms with Crippen molar-refractivity contribution in [2.24, 2.45) is 0 Å². The van der Waals surface area contributed by atoms with Gasteiger partial charge in [-0.05, 0) is 25.5 Å². The van der Waals surface area contributed by atoms with Crippen LogP contribution in [0.15, 0.2) is 12.1 Å². The highest BCUT2D eigenvalue weighted by Crippen LogP contribution is 2.24. The summed E-state index contributed by atoms with van der Waals surface area (Å²) in [6, 6.07) is 3.07. The summed E-state index contributed by atoms with van der Waals surface area (Å²) in [5.74, 6) is -0.413. The van der Waals surface area contributed by atoms with Crippen molar-refractivity contribution >= 4 is 45.6 Å². The molecule has 0 saturated carbocycles. The van der Waals surface area contributed by atoms with Crippen LogP contribution >= 0.6 is 34.5 Å². The molecule has 0 aliphatic rings. The molecule has 7 heteroatoms. The number of pyridine rings is 1. The van der Waals surface area contributed by atoms with E-state index in [2.05, 4.69) is 15.3 Å². The zero-order valence-corrected chi connectivity index (χ0v) is 12.7. The molecule has 2 aromatic heterocycles. The molecule has 2 rings (SSSR count). The second-order valence-corrected chi connectivity index (χ2v) is 5.79. The SMILES string of the molecule is CCc1nc(NC(=O)c2nc(Cl)ccc2Cl)sc1C. The van der Waals surface area contributed by atoms with Crippen LogP contribution in [0, 0.1) is 6.92 Å². The fourth-order valence-electron chi connectivity index (χ4n) is 1.54. The highest BCUT2D eigenvalue weighted by molar-refractivity contribution is 7.15. The average molecular weight is 316 g/mol. The van der Waals surface area contributed by atoms with E-state index in [1.807, 2.05) is 13.8 Å². The van der Waals surface area contributed by atoms with Gasteiger partial charge in [0.15, 0.2) is 5.13 Å². The Bertz CT molecular complexity index is 627. The lowest BCUT2D eigenvalue weighted by Gasteiger charge is -2.03. The number of nitrogens with zero attached hydrogens (tertiary/aromatic N) is 2. The molecule has 0 radical (unpaired) electrons. The molecule has 0 saturated heterocycles. The summed E-state index contributed by atoms with van der Waals surface area (Å²) >= 11 is 13.1. The predicted octanol–water partition coefficient (Wildman–Crippen LogP) is 3.97. The van der Waals surface area contributed by atoms with E-state index in [9.17, 15) is 4.79 Å². The fourth-order valence-corrected chi connectivity index (χ4v) is 2.78. The Hall–Kier alpha value is -1.17. The Kier molecular flexibility index (Phi) is 4.39. The van der Waals surface area contributed by atoms with Crippen LogP contribution in [0.1, 0.15) is 28.0 Å². The third kappa shape index (κ3) is 3.23. The van der Waals surface area contributed by atoms with Crippen molar-refractivity contribution in [3.8, 4) is 0 Å². The van der Waals surface area contributed by atoms with E-state index in [4.69, 9.17) is 23.2 Å². The lowest BCUT2D eigenvalue weighted by atomic mass is 10.3. The molecule has 2 aromatic rings. The monoisotopic (exact) mass is 315 g/mol. The van der Waals surface area contributed by atoms with Gasteiger partial charge in [-0.3, -0.25) is 10.1 Å². The topological polar surface area (TPSA) is 54.9 Å². The number of halogens is 2. The van der Waals surface area contributed by atoms with Gasteiger partial charge >= 0.3 is 0 Å². The first-order valence-electron chi connectivity index (χ1n) is 5.61. The van der Waals surface area contributed by atoms with Gasteiger partial charge in [0.05, 0.1) is 10.7 Å². The van der Waals surface area contributed by atoms with Gasteiger partial charge in [-0.15, -0.1) is 11.3 Å². The molecule has 1 amide bonds. The maximum absolute atomic E-state index is 12.0. The third-order valence-corrected chi connectivity index (χ3v) is 3.92. The predicted molar refractivity (Wildman–Crippen MR) is 78.4 cm³/mol. The molecule has 0 aliphatic heterocycles. The van der Waals surface area contributed by atoms with Crippen molar-refractivity contribution in [1.82, 2.24) is 9.97 Å². The number of aromatic nitrogens is 2. The van der Waals surface area contributed by atoms with Crippen LogP contribution in [-0.4, -0.2) is 15.9 Å². The fraction of sp³-hybridized carbons (Fsp3) is 0.250. The van der Waals surface area contributed by atoms with Gasteiger partial charge in [-0.2, -0.15) is 0 Å². The zero-order chi connectivity index (χ0) is 14.0. The largest absolute Gasteiger partial charge is 0.296 e. The lowest BCUT2D eigenvalue weighted by molar-refractivity contribution is 0.102. The Morgan fingerprint density at radius 1 is 1.37 bits per heavy atom. The van der Waals surface area contributed by atoms with Gasteiger partial charge in [0.25, 0.3) is 5.91 Å². The maximum Gasteiger partial charge on any atom is 0.277 e. The van der Waals surface area contributed by atoms with E-state index in [-0.39, 0.29) is 15.9 Å². The number of carbonyl (C=O) groups excluding carboxylic acids is 1. The van der Waals surface area contributed by atoms with Gasteiger partial charge in [0, 0.05) is 4.88 Å². The summed E-state index contributed by atoms with van der Waals surface area (Å²) in [5, 5.41) is 3.70. The molecule has 19 heavy (non-hydrogen) atoms. The van der Waals surface area contributed by atoms with Crippen molar-refractivity contribution in [3.05, 3.63) is 38.6 Å². The lowest BCUT2D eigenvalue weighted by Crippen LogP contribution is -2.14. The molecule has 0 aliphatic carbocycles. The number of anilines is 1. The molecule has 2 heterocycles. The zero-order valence-electron chi connectivity index (χ0n) is 10.3. The van der Waals surface area contributed by atoms with Crippen LogP contribution in [0.2, 0.25) is 10.2 Å². The van der Waals surface area contributed by atoms with Crippen molar-refractivity contribution in [1.29, 1.82) is 0 Å². The molecule has 0 spiro atoms. The number of thiazole rings is 1. The van der Waals surface area contributed by atoms with Crippen molar-refractivity contribution in [3.63, 3.8) is 0 Å². The first-order valence-corrected chi connectivity index (χ1v) is 7.18. The Morgan fingerprint density at radius 3 is 2.74 bits per heavy atom. The third-order valence-electron chi connectivity index (χ3n) is 2.48. The molecule has 4 nitrogen and oxygen atoms in total. The van der Waals surface area contributed by atoms with Crippen LogP contribution in [0.25, 0.3) is 0 Å². The van der Waals surface area contributed by atoms with E-state index in [0.29, 0.717) is 5.13 Å². The molecule has 0 fully saturated rings. The molecule has 0 atom stereocenters. The van der Waals surface area contributed by atoms with E-state index in [0.717, 1.165) is 17.0 Å². The van der Waals surface area contributed by atoms with Crippen molar-refractivity contribution in [2.75, 3.05) is 5.32 Å². The number of nitrogens with one attached hydrogen (secondary N) is 1. The molecule has 0 bridgehead atoms. The van der Waals surface area contributed by atoms with Crippen molar-refractivity contribution < 1.29 is 4.79 Å². The van der Waals surface area contributed by atoms with E-state index in [1.165, 1.54) is 23.5 Å². The second kappa shape index (κ2) is 5.86. The minimum absolute atomic E-state index is 0.0973. The second-order valence-electron chi connectivity index (χ2n) is 3.79. The standard InChI is InChI=1S/C12H11Cl2N3OS/c1-3-8-6(2)19-12(15-8)17-11(18)10-7(13)4-5-9(14)16-10/h4-5H,3H2,1-2H3,(H,15,17,18). The Morgan fingerprint density at radius 2 is 2.11 bits per heavy atom. The number of rotatable bonds is 3. The van der Waals surface area contributed by atoms with Crippen LogP contribution in [0.4, 0.5) is 5.13 Å². The van der Waals surface area contributed by atoms with E-state index in [1.54, 1.807) is 0 Å². The van der Waals surface area contributed by atoms with Crippen LogP contribution < -0.4 is 5.32 Å². The highest BCUT2D eigenvalue weighted by Gasteiger charge is 2.15. The van der Waals surface area contributed by atoms with Gasteiger partial charge < -0.3 is 0 Å². The first kappa shape index (κ1) is 14.2. The minimum Gasteiger partial charge on any atom is -0.296 e. The first-order chi connectivity index (χ1) is 9.01. The minimum atomic E-state index is -0.413. The molecule has 0 aromatic carbocycles. The van der Waals surface area contributed by atoms with Gasteiger partial charge in [0.1, 0.15) is 10.8 Å². The summed E-state index contributed by atoms with van der Waals surface area (Å²) in [5.41, 5.74) is 1.07. The number of hydrogen-bond acceptors (Lipinski definition) is 4. The van der Waals surface area contributed by atoms with Crippen LogP contribution in [0.5, 0.6) is 0 Å². The van der Waals surface area contributed by atoms with Crippen LogP contribution in [0.3, 0.4) is 0 Å². The highest BCUT2D eigenvalue weighted by atomic mass is 35.5. The normalized spacial score (nSPS) is 10.5.